The summed E-state index contributed by atoms with van der Waals surface area (Å²) in [6.07, 6.45) is 2.18. The van der Waals surface area contributed by atoms with Crippen LogP contribution in [0, 0.1) is 17.2 Å². The van der Waals surface area contributed by atoms with E-state index in [2.05, 4.69) is 11.0 Å². The minimum atomic E-state index is -1.01. The van der Waals surface area contributed by atoms with Crippen LogP contribution < -0.4 is 4.90 Å². The van der Waals surface area contributed by atoms with Crippen LogP contribution in [0.4, 0.5) is 5.69 Å². The topological polar surface area (TPSA) is 73.6 Å². The van der Waals surface area contributed by atoms with Gasteiger partial charge >= 0.3 is 5.97 Å². The van der Waals surface area contributed by atoms with Crippen molar-refractivity contribution in [1.29, 1.82) is 5.26 Å². The molecule has 0 spiro atoms. The number of anilines is 1. The van der Waals surface area contributed by atoms with Crippen molar-refractivity contribution >= 4 is 11.7 Å². The molecule has 0 saturated carbocycles. The first-order chi connectivity index (χ1) is 9.65. The van der Waals surface area contributed by atoms with Crippen LogP contribution in [0.1, 0.15) is 28.8 Å². The fourth-order valence-corrected chi connectivity index (χ4v) is 2.69. The highest BCUT2D eigenvalue weighted by atomic mass is 16.5. The Bertz CT molecular complexity index is 534. The molecule has 1 aliphatic heterocycles. The van der Waals surface area contributed by atoms with E-state index < -0.39 is 5.97 Å². The summed E-state index contributed by atoms with van der Waals surface area (Å²) >= 11 is 0. The molecule has 0 aromatic heterocycles. The third-order valence-corrected chi connectivity index (χ3v) is 3.63. The van der Waals surface area contributed by atoms with Crippen molar-refractivity contribution in [3.63, 3.8) is 0 Å². The quantitative estimate of drug-likeness (QED) is 0.910. The number of carbonyl (C=O) groups is 1. The lowest BCUT2D eigenvalue weighted by Crippen LogP contribution is -2.37. The minimum Gasteiger partial charge on any atom is -0.478 e. The number of nitriles is 1. The number of piperidine rings is 1. The largest absolute Gasteiger partial charge is 0.478 e. The molecular formula is C15H18N2O3. The molecule has 5 heteroatoms. The second kappa shape index (κ2) is 6.40. The van der Waals surface area contributed by atoms with Gasteiger partial charge in [0.1, 0.15) is 6.07 Å². The van der Waals surface area contributed by atoms with Crippen molar-refractivity contribution in [3.8, 4) is 6.07 Å². The van der Waals surface area contributed by atoms with Crippen LogP contribution >= 0.6 is 0 Å². The molecule has 20 heavy (non-hydrogen) atoms. The Morgan fingerprint density at radius 2 is 2.40 bits per heavy atom. The predicted octanol–water partition coefficient (Wildman–Crippen LogP) is 2.12. The Balaban J connectivity index is 2.23. The SMILES string of the molecule is COCC1CCCN(c2ccc(C(=O)O)cc2C#N)C1. The second-order valence-corrected chi connectivity index (χ2v) is 5.06. The van der Waals surface area contributed by atoms with E-state index in [0.717, 1.165) is 31.6 Å². The lowest BCUT2D eigenvalue weighted by atomic mass is 9.97. The number of aromatic carboxylic acids is 1. The Morgan fingerprint density at radius 1 is 1.60 bits per heavy atom. The molecule has 1 aliphatic rings. The number of hydrogen-bond acceptors (Lipinski definition) is 4. The molecule has 0 aliphatic carbocycles. The fourth-order valence-electron chi connectivity index (χ4n) is 2.69. The monoisotopic (exact) mass is 274 g/mol. The number of hydrogen-bond donors (Lipinski definition) is 1. The number of carboxylic acid groups (broad SMARTS) is 1. The Hall–Kier alpha value is -2.06. The fraction of sp³-hybridized carbons (Fsp3) is 0.467. The third-order valence-electron chi connectivity index (χ3n) is 3.63. The highest BCUT2D eigenvalue weighted by Crippen LogP contribution is 2.27. The molecule has 0 radical (unpaired) electrons. The molecule has 1 unspecified atom stereocenters. The summed E-state index contributed by atoms with van der Waals surface area (Å²) in [5.74, 6) is -0.552. The number of nitrogens with zero attached hydrogens (tertiary/aromatic N) is 2. The van der Waals surface area contributed by atoms with Gasteiger partial charge in [-0.3, -0.25) is 0 Å². The maximum absolute atomic E-state index is 11.0. The van der Waals surface area contributed by atoms with Crippen LogP contribution in [-0.4, -0.2) is 37.9 Å². The van der Waals surface area contributed by atoms with Crippen LogP contribution in [0.15, 0.2) is 18.2 Å². The molecular weight excluding hydrogens is 256 g/mol. The summed E-state index contributed by atoms with van der Waals surface area (Å²) in [5, 5.41) is 18.2. The van der Waals surface area contributed by atoms with Gasteiger partial charge in [-0.2, -0.15) is 5.26 Å². The predicted molar refractivity (Wildman–Crippen MR) is 74.9 cm³/mol. The van der Waals surface area contributed by atoms with Crippen LogP contribution in [0.25, 0.3) is 0 Å². The summed E-state index contributed by atoms with van der Waals surface area (Å²) < 4.78 is 5.20. The van der Waals surface area contributed by atoms with Crippen molar-refractivity contribution < 1.29 is 14.6 Å². The van der Waals surface area contributed by atoms with Gasteiger partial charge in [0.25, 0.3) is 0 Å². The summed E-state index contributed by atoms with van der Waals surface area (Å²) in [6, 6.07) is 6.83. The van der Waals surface area contributed by atoms with Gasteiger partial charge in [-0.05, 0) is 37.0 Å². The van der Waals surface area contributed by atoms with Crippen molar-refractivity contribution in [2.75, 3.05) is 31.7 Å². The average Bonchev–Trinajstić information content (AvgIpc) is 2.47. The number of rotatable bonds is 4. The Kier molecular flexibility index (Phi) is 4.59. The van der Waals surface area contributed by atoms with Crippen LogP contribution in [0.3, 0.4) is 0 Å². The van der Waals surface area contributed by atoms with Gasteiger partial charge in [-0.15, -0.1) is 0 Å². The lowest BCUT2D eigenvalue weighted by Gasteiger charge is -2.34. The Labute approximate surface area is 118 Å². The maximum atomic E-state index is 11.0. The number of carboxylic acids is 1. The van der Waals surface area contributed by atoms with E-state index >= 15 is 0 Å². The maximum Gasteiger partial charge on any atom is 0.335 e. The molecule has 1 heterocycles. The zero-order valence-electron chi connectivity index (χ0n) is 11.5. The van der Waals surface area contributed by atoms with Crippen molar-refractivity contribution in [2.24, 2.45) is 5.92 Å². The normalized spacial score (nSPS) is 18.6. The van der Waals surface area contributed by atoms with Crippen molar-refractivity contribution in [2.45, 2.75) is 12.8 Å². The molecule has 0 bridgehead atoms. The lowest BCUT2D eigenvalue weighted by molar-refractivity contribution is 0.0697. The molecule has 1 saturated heterocycles. The zero-order chi connectivity index (χ0) is 14.5. The molecule has 1 fully saturated rings. The first-order valence-corrected chi connectivity index (χ1v) is 6.67. The summed E-state index contributed by atoms with van der Waals surface area (Å²) in [4.78, 5) is 13.1. The van der Waals surface area contributed by atoms with Crippen LogP contribution in [0.5, 0.6) is 0 Å². The van der Waals surface area contributed by atoms with E-state index in [1.165, 1.54) is 6.07 Å². The zero-order valence-corrected chi connectivity index (χ0v) is 11.5. The van der Waals surface area contributed by atoms with Crippen LogP contribution in [-0.2, 0) is 4.74 Å². The first kappa shape index (κ1) is 14.4. The van der Waals surface area contributed by atoms with E-state index in [1.807, 2.05) is 0 Å². The van der Waals surface area contributed by atoms with Gasteiger partial charge in [0.15, 0.2) is 0 Å². The van der Waals surface area contributed by atoms with Gasteiger partial charge in [0.2, 0.25) is 0 Å². The van der Waals surface area contributed by atoms with Gasteiger partial charge in [-0.1, -0.05) is 0 Å². The highest BCUT2D eigenvalue weighted by molar-refractivity contribution is 5.89. The molecule has 106 valence electrons. The molecule has 1 aromatic rings. The average molecular weight is 274 g/mol. The van der Waals surface area contributed by atoms with Crippen LogP contribution in [0.2, 0.25) is 0 Å². The molecule has 5 nitrogen and oxygen atoms in total. The minimum absolute atomic E-state index is 0.149. The molecule has 2 rings (SSSR count). The summed E-state index contributed by atoms with van der Waals surface area (Å²) in [7, 11) is 1.70. The molecule has 1 aromatic carbocycles. The van der Waals surface area contributed by atoms with E-state index in [4.69, 9.17) is 9.84 Å². The van der Waals surface area contributed by atoms with Gasteiger partial charge in [0.05, 0.1) is 23.4 Å². The van der Waals surface area contributed by atoms with E-state index in [0.29, 0.717) is 18.1 Å². The number of methoxy groups -OCH3 is 1. The van der Waals surface area contributed by atoms with E-state index in [1.54, 1.807) is 19.2 Å². The summed E-state index contributed by atoms with van der Waals surface area (Å²) in [5.41, 5.74) is 1.39. The summed E-state index contributed by atoms with van der Waals surface area (Å²) in [6.45, 7) is 2.45. The smallest absolute Gasteiger partial charge is 0.335 e. The second-order valence-electron chi connectivity index (χ2n) is 5.06. The van der Waals surface area contributed by atoms with Gasteiger partial charge in [0, 0.05) is 20.2 Å². The molecule has 0 amide bonds. The van der Waals surface area contributed by atoms with E-state index in [-0.39, 0.29) is 5.56 Å². The van der Waals surface area contributed by atoms with Crippen molar-refractivity contribution in [1.82, 2.24) is 0 Å². The standard InChI is InChI=1S/C15H18N2O3/c1-20-10-11-3-2-6-17(9-11)14-5-4-12(15(18)19)7-13(14)8-16/h4-5,7,11H,2-3,6,9-10H2,1H3,(H,18,19). The third kappa shape index (κ3) is 3.09. The Morgan fingerprint density at radius 3 is 3.05 bits per heavy atom. The number of ether oxygens (including phenoxy) is 1. The van der Waals surface area contributed by atoms with Crippen molar-refractivity contribution in [3.05, 3.63) is 29.3 Å². The van der Waals surface area contributed by atoms with E-state index in [9.17, 15) is 10.1 Å². The first-order valence-electron chi connectivity index (χ1n) is 6.67. The number of benzene rings is 1. The highest BCUT2D eigenvalue weighted by Gasteiger charge is 2.22. The molecule has 1 N–H and O–H groups in total. The van der Waals surface area contributed by atoms with Gasteiger partial charge < -0.3 is 14.7 Å². The van der Waals surface area contributed by atoms with Gasteiger partial charge in [-0.25, -0.2) is 4.79 Å². The molecule has 1 atom stereocenters.